The van der Waals surface area contributed by atoms with Gasteiger partial charge in [0.15, 0.2) is 17.7 Å². The fourth-order valence-corrected chi connectivity index (χ4v) is 4.33. The van der Waals surface area contributed by atoms with Crippen LogP contribution in [-0.4, -0.2) is 78.0 Å². The van der Waals surface area contributed by atoms with E-state index in [2.05, 4.69) is 0 Å². The van der Waals surface area contributed by atoms with Crippen LogP contribution in [0.4, 0.5) is 0 Å². The highest BCUT2D eigenvalue weighted by Gasteiger charge is 2.50. The molecule has 12 nitrogen and oxygen atoms in total. The van der Waals surface area contributed by atoms with E-state index in [-0.39, 0.29) is 55.5 Å². The summed E-state index contributed by atoms with van der Waals surface area (Å²) < 4.78 is 33.3. The van der Waals surface area contributed by atoms with Crippen molar-refractivity contribution in [3.05, 3.63) is 29.3 Å². The van der Waals surface area contributed by atoms with Crippen LogP contribution in [0.3, 0.4) is 0 Å². The number of Topliss-reactive ketones (excluding diaryl/α,β-unsaturated/α-hetero) is 2. The highest BCUT2D eigenvalue weighted by Crippen LogP contribution is 2.34. The third-order valence-electron chi connectivity index (χ3n) is 5.98. The largest absolute Gasteiger partial charge is 0.460 e. The summed E-state index contributed by atoms with van der Waals surface area (Å²) in [5, 5.41) is 9.64. The predicted molar refractivity (Wildman–Crippen MR) is 143 cm³/mol. The fraction of sp³-hybridized carbons (Fsp3) is 0.621. The molecule has 1 aromatic carbocycles. The van der Waals surface area contributed by atoms with Gasteiger partial charge in [-0.2, -0.15) is 0 Å². The van der Waals surface area contributed by atoms with Crippen LogP contribution in [0.15, 0.2) is 18.2 Å². The molecule has 0 bridgehead atoms. The van der Waals surface area contributed by atoms with Crippen molar-refractivity contribution in [2.75, 3.05) is 13.2 Å². The van der Waals surface area contributed by atoms with Gasteiger partial charge in [0.1, 0.15) is 24.1 Å². The molecule has 0 amide bonds. The van der Waals surface area contributed by atoms with E-state index in [4.69, 9.17) is 28.4 Å². The summed E-state index contributed by atoms with van der Waals surface area (Å²) in [5.41, 5.74) is -0.0891. The normalized spacial score (nSPS) is 22.4. The van der Waals surface area contributed by atoms with Gasteiger partial charge in [0.2, 0.25) is 12.4 Å². The second-order valence-corrected chi connectivity index (χ2v) is 10.8. The molecule has 0 saturated carbocycles. The highest BCUT2D eigenvalue weighted by atomic mass is 16.7. The molecule has 228 valence electrons. The maximum Gasteiger partial charge on any atom is 0.332 e. The molecule has 2 rings (SSSR count). The van der Waals surface area contributed by atoms with E-state index >= 15 is 0 Å². The summed E-state index contributed by atoms with van der Waals surface area (Å²) in [7, 11) is 0. The molecule has 1 aliphatic rings. The van der Waals surface area contributed by atoms with Crippen molar-refractivity contribution < 1.29 is 57.5 Å². The van der Waals surface area contributed by atoms with E-state index in [0.29, 0.717) is 5.56 Å². The molecule has 1 N–H and O–H groups in total. The number of ether oxygens (including phenoxy) is 6. The molecular weight excluding hydrogens is 540 g/mol. The number of esters is 3. The number of carbonyl (C=O) groups excluding carboxylic acids is 5. The van der Waals surface area contributed by atoms with Gasteiger partial charge in [-0.3, -0.25) is 19.2 Å². The van der Waals surface area contributed by atoms with Crippen LogP contribution in [0.1, 0.15) is 77.2 Å². The number of hydrogen-bond acceptors (Lipinski definition) is 12. The minimum absolute atomic E-state index is 0.0155. The maximum atomic E-state index is 13.2. The Bertz CT molecular complexity index is 1110. The molecule has 1 aromatic rings. The third kappa shape index (κ3) is 10.5. The lowest BCUT2D eigenvalue weighted by Gasteiger charge is -2.43. The topological polar surface area (TPSA) is 161 Å². The van der Waals surface area contributed by atoms with E-state index in [1.54, 1.807) is 27.7 Å². The molecule has 1 saturated heterocycles. The van der Waals surface area contributed by atoms with E-state index in [1.165, 1.54) is 39.0 Å². The molecule has 41 heavy (non-hydrogen) atoms. The van der Waals surface area contributed by atoms with Gasteiger partial charge in [-0.05, 0) is 51.8 Å². The smallest absolute Gasteiger partial charge is 0.332 e. The van der Waals surface area contributed by atoms with E-state index in [1.807, 2.05) is 0 Å². The lowest BCUT2D eigenvalue weighted by molar-refractivity contribution is -0.261. The van der Waals surface area contributed by atoms with Crippen molar-refractivity contribution in [3.8, 4) is 5.75 Å². The molecule has 0 unspecified atom stereocenters. The molecular formula is C29H40O12. The fourth-order valence-electron chi connectivity index (χ4n) is 4.33. The van der Waals surface area contributed by atoms with Gasteiger partial charge in [0, 0.05) is 32.8 Å². The Morgan fingerprint density at radius 1 is 0.976 bits per heavy atom. The van der Waals surface area contributed by atoms with Crippen molar-refractivity contribution in [3.63, 3.8) is 0 Å². The molecule has 0 aliphatic carbocycles. The Kier molecular flexibility index (Phi) is 12.4. The van der Waals surface area contributed by atoms with Crippen molar-refractivity contribution in [1.29, 1.82) is 0 Å². The van der Waals surface area contributed by atoms with Gasteiger partial charge in [0.25, 0.3) is 0 Å². The summed E-state index contributed by atoms with van der Waals surface area (Å²) in [5.74, 6) is -3.21. The zero-order valence-corrected chi connectivity index (χ0v) is 24.6. The molecule has 0 aromatic heterocycles. The second kappa shape index (κ2) is 15.0. The lowest BCUT2D eigenvalue weighted by atomic mass is 9.88. The number of aliphatic hydroxyl groups is 1. The van der Waals surface area contributed by atoms with Crippen molar-refractivity contribution >= 4 is 29.5 Å². The molecule has 1 fully saturated rings. The number of aliphatic hydroxyl groups excluding tert-OH is 1. The molecule has 0 radical (unpaired) electrons. The summed E-state index contributed by atoms with van der Waals surface area (Å²) in [6.07, 6.45) is -4.47. The van der Waals surface area contributed by atoms with E-state index in [9.17, 15) is 29.1 Å². The van der Waals surface area contributed by atoms with E-state index in [0.717, 1.165) is 0 Å². The van der Waals surface area contributed by atoms with Crippen LogP contribution in [0.2, 0.25) is 0 Å². The first kappa shape index (κ1) is 33.9. The first-order chi connectivity index (χ1) is 19.1. The Morgan fingerprint density at radius 2 is 1.61 bits per heavy atom. The van der Waals surface area contributed by atoms with Crippen LogP contribution in [-0.2, 0) is 49.5 Å². The molecule has 5 atom stereocenters. The van der Waals surface area contributed by atoms with Gasteiger partial charge >= 0.3 is 17.9 Å². The Morgan fingerprint density at radius 3 is 2.17 bits per heavy atom. The van der Waals surface area contributed by atoms with Gasteiger partial charge in [-0.15, -0.1) is 0 Å². The maximum absolute atomic E-state index is 13.2. The highest BCUT2D eigenvalue weighted by molar-refractivity contribution is 5.98. The van der Waals surface area contributed by atoms with Gasteiger partial charge in [-0.1, -0.05) is 13.0 Å². The average Bonchev–Trinajstić information content (AvgIpc) is 2.85. The molecule has 1 heterocycles. The standard InChI is InChI=1S/C29H40O12/c1-16-25(17(2)31)40-28(27(38-19(4)33)26(16)37-18(3)32)39-23-11-10-20(14-30)13-21(23)22(34)9-8-12-36-15-24(35)41-29(5,6)7/h10-11,13,16,25-28,30H,8-9,12,14-15H2,1-7H3/t16-,25+,26+,27-,28-/m1/s1. The number of ketones is 2. The summed E-state index contributed by atoms with van der Waals surface area (Å²) in [6, 6.07) is 4.44. The third-order valence-corrected chi connectivity index (χ3v) is 5.98. The zero-order chi connectivity index (χ0) is 30.9. The van der Waals surface area contributed by atoms with Crippen LogP contribution >= 0.6 is 0 Å². The minimum Gasteiger partial charge on any atom is -0.460 e. The average molecular weight is 581 g/mol. The van der Waals surface area contributed by atoms with Crippen LogP contribution in [0.25, 0.3) is 0 Å². The van der Waals surface area contributed by atoms with Crippen molar-refractivity contribution in [2.45, 2.75) is 98.1 Å². The van der Waals surface area contributed by atoms with E-state index < -0.39 is 54.0 Å². The van der Waals surface area contributed by atoms with Crippen molar-refractivity contribution in [1.82, 2.24) is 0 Å². The monoisotopic (exact) mass is 580 g/mol. The number of benzene rings is 1. The van der Waals surface area contributed by atoms with Crippen LogP contribution in [0.5, 0.6) is 5.75 Å². The quantitative estimate of drug-likeness (QED) is 0.157. The van der Waals surface area contributed by atoms with Gasteiger partial charge in [0.05, 0.1) is 12.2 Å². The first-order valence-electron chi connectivity index (χ1n) is 13.4. The van der Waals surface area contributed by atoms with Crippen LogP contribution in [0, 0.1) is 5.92 Å². The number of rotatable bonds is 13. The molecule has 1 aliphatic heterocycles. The Hall–Kier alpha value is -3.35. The number of carbonyl (C=O) groups is 5. The Labute approximate surface area is 239 Å². The zero-order valence-electron chi connectivity index (χ0n) is 24.6. The predicted octanol–water partition coefficient (Wildman–Crippen LogP) is 2.69. The van der Waals surface area contributed by atoms with Crippen molar-refractivity contribution in [2.24, 2.45) is 5.92 Å². The second-order valence-electron chi connectivity index (χ2n) is 10.8. The summed E-state index contributed by atoms with van der Waals surface area (Å²) >= 11 is 0. The number of hydrogen-bond donors (Lipinski definition) is 1. The Balaban J connectivity index is 2.24. The minimum atomic E-state index is -1.41. The first-order valence-corrected chi connectivity index (χ1v) is 13.4. The SMILES string of the molecule is CC(=O)O[C@H]1[C@H](Oc2ccc(CO)cc2C(=O)CCCOCC(=O)OC(C)(C)C)O[C@H](C(C)=O)[C@@H](C)[C@@H]1OC(C)=O. The molecule has 0 spiro atoms. The van der Waals surface area contributed by atoms with Crippen LogP contribution < -0.4 is 4.74 Å². The van der Waals surface area contributed by atoms with Gasteiger partial charge < -0.3 is 33.5 Å². The molecule has 12 heteroatoms. The lowest BCUT2D eigenvalue weighted by Crippen LogP contribution is -2.59. The van der Waals surface area contributed by atoms with Gasteiger partial charge in [-0.25, -0.2) is 4.79 Å². The summed E-state index contributed by atoms with van der Waals surface area (Å²) in [4.78, 5) is 61.1. The summed E-state index contributed by atoms with van der Waals surface area (Å²) in [6.45, 7) is 10.0.